The summed E-state index contributed by atoms with van der Waals surface area (Å²) >= 11 is 6.14. The lowest BCUT2D eigenvalue weighted by atomic mass is 9.96. The number of nitrogens with zero attached hydrogens (tertiary/aromatic N) is 2. The summed E-state index contributed by atoms with van der Waals surface area (Å²) in [5.74, 6) is 1.39. The molecule has 2 aromatic rings. The normalized spacial score (nSPS) is 15.0. The summed E-state index contributed by atoms with van der Waals surface area (Å²) in [6.45, 7) is 1.50. The van der Waals surface area contributed by atoms with E-state index in [1.54, 1.807) is 20.4 Å². The molecule has 0 amide bonds. The molecule has 0 aliphatic heterocycles. The zero-order valence-corrected chi connectivity index (χ0v) is 18.0. The molecule has 26 heavy (non-hydrogen) atoms. The van der Waals surface area contributed by atoms with E-state index in [-0.39, 0.29) is 29.4 Å². The van der Waals surface area contributed by atoms with Crippen LogP contribution in [0.15, 0.2) is 47.6 Å². The molecule has 140 valence electrons. The Kier molecular flexibility index (Phi) is 7.52. The molecule has 1 heterocycles. The predicted molar refractivity (Wildman–Crippen MR) is 117 cm³/mol. The molecule has 1 aliphatic rings. The van der Waals surface area contributed by atoms with Gasteiger partial charge >= 0.3 is 0 Å². The average Bonchev–Trinajstić information content (AvgIpc) is 3.43. The molecule has 5 nitrogen and oxygen atoms in total. The maximum absolute atomic E-state index is 6.14. The van der Waals surface area contributed by atoms with Crippen LogP contribution in [-0.2, 0) is 12.0 Å². The van der Waals surface area contributed by atoms with Crippen LogP contribution >= 0.6 is 35.6 Å². The maximum atomic E-state index is 6.14. The van der Waals surface area contributed by atoms with Crippen molar-refractivity contribution >= 4 is 41.5 Å². The number of benzene rings is 1. The van der Waals surface area contributed by atoms with E-state index < -0.39 is 0 Å². The first-order valence-corrected chi connectivity index (χ1v) is 8.72. The lowest BCUT2D eigenvalue weighted by Gasteiger charge is -2.19. The van der Waals surface area contributed by atoms with Gasteiger partial charge in [0.1, 0.15) is 0 Å². The quantitative estimate of drug-likeness (QED) is 0.371. The Labute approximate surface area is 176 Å². The van der Waals surface area contributed by atoms with Crippen LogP contribution in [0.5, 0.6) is 5.88 Å². The summed E-state index contributed by atoms with van der Waals surface area (Å²) in [7, 11) is 3.40. The van der Waals surface area contributed by atoms with Crippen LogP contribution in [0.3, 0.4) is 0 Å². The Morgan fingerprint density at radius 2 is 2.08 bits per heavy atom. The second-order valence-corrected chi connectivity index (χ2v) is 6.71. The van der Waals surface area contributed by atoms with Gasteiger partial charge in [-0.05, 0) is 42.2 Å². The van der Waals surface area contributed by atoms with Gasteiger partial charge in [-0.15, -0.1) is 24.0 Å². The fourth-order valence-electron chi connectivity index (χ4n) is 2.87. The summed E-state index contributed by atoms with van der Waals surface area (Å²) in [4.78, 5) is 8.43. The van der Waals surface area contributed by atoms with E-state index in [2.05, 4.69) is 32.7 Å². The van der Waals surface area contributed by atoms with Gasteiger partial charge in [0, 0.05) is 42.8 Å². The van der Waals surface area contributed by atoms with Crippen LogP contribution in [0.4, 0.5) is 0 Å². The number of rotatable bonds is 6. The van der Waals surface area contributed by atoms with Gasteiger partial charge in [0.25, 0.3) is 0 Å². The number of nitrogens with one attached hydrogen (secondary N) is 2. The maximum Gasteiger partial charge on any atom is 0.213 e. The van der Waals surface area contributed by atoms with Crippen LogP contribution in [0.25, 0.3) is 0 Å². The predicted octanol–water partition coefficient (Wildman–Crippen LogP) is 3.76. The molecule has 2 N–H and O–H groups in total. The van der Waals surface area contributed by atoms with Gasteiger partial charge < -0.3 is 15.4 Å². The number of ether oxygens (including phenoxy) is 1. The van der Waals surface area contributed by atoms with Crippen molar-refractivity contribution in [1.29, 1.82) is 0 Å². The molecule has 1 saturated carbocycles. The van der Waals surface area contributed by atoms with E-state index in [9.17, 15) is 0 Å². The highest BCUT2D eigenvalue weighted by atomic mass is 127. The van der Waals surface area contributed by atoms with Crippen molar-refractivity contribution in [2.45, 2.75) is 24.8 Å². The van der Waals surface area contributed by atoms with E-state index >= 15 is 0 Å². The third-order valence-corrected chi connectivity index (χ3v) is 4.81. The fourth-order valence-corrected chi connectivity index (χ4v) is 3.06. The number of guanidine groups is 1. The van der Waals surface area contributed by atoms with Crippen LogP contribution < -0.4 is 15.4 Å². The number of hydrogen-bond donors (Lipinski definition) is 2. The Morgan fingerprint density at radius 3 is 2.73 bits per heavy atom. The summed E-state index contributed by atoms with van der Waals surface area (Å²) in [6, 6.07) is 12.0. The lowest BCUT2D eigenvalue weighted by molar-refractivity contribution is 0.397. The minimum atomic E-state index is 0. The molecule has 1 aliphatic carbocycles. The first-order chi connectivity index (χ1) is 12.1. The second kappa shape index (κ2) is 9.41. The number of hydrogen-bond acceptors (Lipinski definition) is 3. The molecular formula is C19H24ClIN4O. The highest BCUT2D eigenvalue weighted by molar-refractivity contribution is 14.0. The number of methoxy groups -OCH3 is 1. The standard InChI is InChI=1S/C19H23ClN4O.HI/c1-21-18(23-12-14-6-9-22-17(10-14)25-2)24-13-19(7-8-19)15-4-3-5-16(20)11-15;/h3-6,9-11H,7-8,12-13H2,1-2H3,(H2,21,23,24);1H. The van der Waals surface area contributed by atoms with E-state index in [1.807, 2.05) is 24.3 Å². The summed E-state index contributed by atoms with van der Waals surface area (Å²) in [5, 5.41) is 7.56. The number of aromatic nitrogens is 1. The minimum absolute atomic E-state index is 0. The van der Waals surface area contributed by atoms with Gasteiger partial charge in [-0.2, -0.15) is 0 Å². The first-order valence-electron chi connectivity index (χ1n) is 8.35. The molecule has 1 aromatic heterocycles. The third-order valence-electron chi connectivity index (χ3n) is 4.58. The minimum Gasteiger partial charge on any atom is -0.481 e. The van der Waals surface area contributed by atoms with Crippen molar-refractivity contribution in [2.24, 2.45) is 4.99 Å². The zero-order chi connectivity index (χ0) is 17.7. The topological polar surface area (TPSA) is 58.5 Å². The van der Waals surface area contributed by atoms with Gasteiger partial charge in [-0.3, -0.25) is 4.99 Å². The highest BCUT2D eigenvalue weighted by Crippen LogP contribution is 2.48. The van der Waals surface area contributed by atoms with Crippen LogP contribution in [0, 0.1) is 0 Å². The Morgan fingerprint density at radius 1 is 1.27 bits per heavy atom. The molecule has 0 spiro atoms. The van der Waals surface area contributed by atoms with Gasteiger partial charge in [0.15, 0.2) is 5.96 Å². The SMILES string of the molecule is CN=C(NCc1ccnc(OC)c1)NCC1(c2cccc(Cl)c2)CC1.I. The van der Waals surface area contributed by atoms with E-state index in [0.717, 1.165) is 23.1 Å². The monoisotopic (exact) mass is 486 g/mol. The van der Waals surface area contributed by atoms with Gasteiger partial charge in [-0.25, -0.2) is 4.98 Å². The summed E-state index contributed by atoms with van der Waals surface area (Å²) < 4.78 is 5.15. The molecular weight excluding hydrogens is 463 g/mol. The number of pyridine rings is 1. The van der Waals surface area contributed by atoms with Crippen molar-refractivity contribution in [2.75, 3.05) is 20.7 Å². The van der Waals surface area contributed by atoms with Crippen LogP contribution in [0.1, 0.15) is 24.0 Å². The Hall–Kier alpha value is -1.54. The smallest absolute Gasteiger partial charge is 0.213 e. The van der Waals surface area contributed by atoms with Gasteiger partial charge in [0.05, 0.1) is 7.11 Å². The van der Waals surface area contributed by atoms with E-state index in [4.69, 9.17) is 16.3 Å². The van der Waals surface area contributed by atoms with E-state index in [1.165, 1.54) is 18.4 Å². The molecule has 1 aromatic carbocycles. The number of halogens is 2. The molecule has 1 fully saturated rings. The lowest BCUT2D eigenvalue weighted by Crippen LogP contribution is -2.40. The van der Waals surface area contributed by atoms with Crippen LogP contribution in [-0.4, -0.2) is 31.6 Å². The van der Waals surface area contributed by atoms with Crippen molar-refractivity contribution in [1.82, 2.24) is 15.6 Å². The Bertz CT molecular complexity index is 765. The zero-order valence-electron chi connectivity index (χ0n) is 15.0. The van der Waals surface area contributed by atoms with E-state index in [0.29, 0.717) is 12.4 Å². The highest BCUT2D eigenvalue weighted by Gasteiger charge is 2.44. The molecule has 0 unspecified atom stereocenters. The molecule has 0 saturated heterocycles. The van der Waals surface area contributed by atoms with Crippen molar-refractivity contribution in [3.8, 4) is 5.88 Å². The van der Waals surface area contributed by atoms with Crippen LogP contribution in [0.2, 0.25) is 5.02 Å². The molecule has 3 rings (SSSR count). The molecule has 0 bridgehead atoms. The average molecular weight is 487 g/mol. The summed E-state index contributed by atoms with van der Waals surface area (Å²) in [6.07, 6.45) is 4.07. The molecule has 0 radical (unpaired) electrons. The third kappa shape index (κ3) is 5.23. The first kappa shape index (κ1) is 20.8. The van der Waals surface area contributed by atoms with Crippen molar-refractivity contribution in [3.63, 3.8) is 0 Å². The van der Waals surface area contributed by atoms with Gasteiger partial charge in [0.2, 0.25) is 5.88 Å². The molecule has 0 atom stereocenters. The largest absolute Gasteiger partial charge is 0.481 e. The Balaban J connectivity index is 0.00000243. The molecule has 7 heteroatoms. The fraction of sp³-hybridized carbons (Fsp3) is 0.368. The van der Waals surface area contributed by atoms with Gasteiger partial charge in [-0.1, -0.05) is 23.7 Å². The second-order valence-electron chi connectivity index (χ2n) is 6.28. The van der Waals surface area contributed by atoms with Crippen molar-refractivity contribution < 1.29 is 4.74 Å². The number of aliphatic imine (C=N–C) groups is 1. The summed E-state index contributed by atoms with van der Waals surface area (Å²) in [5.41, 5.74) is 2.55. The van der Waals surface area contributed by atoms with Crippen molar-refractivity contribution in [3.05, 3.63) is 58.7 Å².